The minimum Gasteiger partial charge on any atom is -0.316 e. The van der Waals surface area contributed by atoms with Gasteiger partial charge in [-0.3, -0.25) is 0 Å². The highest BCUT2D eigenvalue weighted by Gasteiger charge is 2.20. The fourth-order valence-electron chi connectivity index (χ4n) is 2.14. The van der Waals surface area contributed by atoms with E-state index in [0.717, 1.165) is 13.1 Å². The number of nitrogens with one attached hydrogen (secondary N) is 1. The van der Waals surface area contributed by atoms with E-state index in [-0.39, 0.29) is 0 Å². The van der Waals surface area contributed by atoms with Crippen LogP contribution in [0.3, 0.4) is 0 Å². The smallest absolute Gasteiger partial charge is 0.117 e. The molecule has 3 heterocycles. The number of hydrogen-bond donors (Lipinski definition) is 1. The summed E-state index contributed by atoms with van der Waals surface area (Å²) in [6.07, 6.45) is 5.25. The molecule has 1 saturated heterocycles. The van der Waals surface area contributed by atoms with Crippen LogP contribution in [0.25, 0.3) is 5.52 Å². The molecule has 0 amide bonds. The maximum atomic E-state index is 4.50. The minimum atomic E-state index is 0.583. The van der Waals surface area contributed by atoms with Gasteiger partial charge in [0.25, 0.3) is 0 Å². The number of fused-ring (bicyclic) bond motifs is 1. The first kappa shape index (κ1) is 8.00. The molecule has 0 bridgehead atoms. The summed E-state index contributed by atoms with van der Waals surface area (Å²) in [5.74, 6) is 1.78. The molecule has 0 spiro atoms. The third-order valence-electron chi connectivity index (χ3n) is 2.89. The van der Waals surface area contributed by atoms with Crippen molar-refractivity contribution in [3.63, 3.8) is 0 Å². The molecule has 14 heavy (non-hydrogen) atoms. The van der Waals surface area contributed by atoms with Crippen LogP contribution in [0.5, 0.6) is 0 Å². The SMILES string of the molecule is c1ccn2c(C3CCNC3)ncc2c1. The molecule has 1 aliphatic rings. The Labute approximate surface area is 82.8 Å². The van der Waals surface area contributed by atoms with Gasteiger partial charge in [-0.15, -0.1) is 0 Å². The van der Waals surface area contributed by atoms with E-state index in [1.54, 1.807) is 0 Å². The van der Waals surface area contributed by atoms with E-state index in [0.29, 0.717) is 5.92 Å². The molecule has 1 fully saturated rings. The van der Waals surface area contributed by atoms with Gasteiger partial charge in [0.2, 0.25) is 0 Å². The summed E-state index contributed by atoms with van der Waals surface area (Å²) in [4.78, 5) is 4.50. The van der Waals surface area contributed by atoms with Crippen molar-refractivity contribution in [1.29, 1.82) is 0 Å². The first-order chi connectivity index (χ1) is 6.95. The zero-order valence-electron chi connectivity index (χ0n) is 7.98. The fourth-order valence-corrected chi connectivity index (χ4v) is 2.14. The summed E-state index contributed by atoms with van der Waals surface area (Å²) in [6.45, 7) is 2.18. The van der Waals surface area contributed by atoms with Crippen molar-refractivity contribution in [3.05, 3.63) is 36.4 Å². The van der Waals surface area contributed by atoms with Gasteiger partial charge < -0.3 is 9.72 Å². The van der Waals surface area contributed by atoms with Gasteiger partial charge in [0, 0.05) is 18.7 Å². The fraction of sp³-hybridized carbons (Fsp3) is 0.364. The standard InChI is InChI=1S/C11H13N3/c1-2-6-14-10(3-1)8-13-11(14)9-4-5-12-7-9/h1-3,6,8-9,12H,4-5,7H2. The van der Waals surface area contributed by atoms with E-state index in [1.807, 2.05) is 12.3 Å². The molecule has 0 radical (unpaired) electrons. The lowest BCUT2D eigenvalue weighted by Gasteiger charge is -2.06. The zero-order valence-corrected chi connectivity index (χ0v) is 7.98. The maximum absolute atomic E-state index is 4.50. The highest BCUT2D eigenvalue weighted by atomic mass is 15.0. The van der Waals surface area contributed by atoms with Gasteiger partial charge in [0.15, 0.2) is 0 Å². The number of hydrogen-bond acceptors (Lipinski definition) is 2. The molecule has 1 aliphatic heterocycles. The van der Waals surface area contributed by atoms with Crippen molar-refractivity contribution >= 4 is 5.52 Å². The molecule has 0 aliphatic carbocycles. The van der Waals surface area contributed by atoms with Gasteiger partial charge in [-0.25, -0.2) is 4.98 Å². The molecule has 0 aromatic carbocycles. The Morgan fingerprint density at radius 2 is 2.43 bits per heavy atom. The number of imidazole rings is 1. The summed E-state index contributed by atoms with van der Waals surface area (Å²) < 4.78 is 2.19. The first-order valence-electron chi connectivity index (χ1n) is 5.08. The Hall–Kier alpha value is -1.35. The van der Waals surface area contributed by atoms with Gasteiger partial charge in [-0.2, -0.15) is 0 Å². The lowest BCUT2D eigenvalue weighted by atomic mass is 10.1. The van der Waals surface area contributed by atoms with Crippen LogP contribution in [-0.4, -0.2) is 22.5 Å². The highest BCUT2D eigenvalue weighted by molar-refractivity contribution is 5.46. The lowest BCUT2D eigenvalue weighted by Crippen LogP contribution is -2.10. The topological polar surface area (TPSA) is 29.3 Å². The van der Waals surface area contributed by atoms with Crippen molar-refractivity contribution < 1.29 is 0 Å². The maximum Gasteiger partial charge on any atom is 0.117 e. The van der Waals surface area contributed by atoms with Crippen LogP contribution in [-0.2, 0) is 0 Å². The molecule has 2 aromatic rings. The molecule has 1 atom stereocenters. The van der Waals surface area contributed by atoms with Crippen LogP contribution in [0.15, 0.2) is 30.6 Å². The van der Waals surface area contributed by atoms with E-state index in [1.165, 1.54) is 17.8 Å². The molecular weight excluding hydrogens is 174 g/mol. The third kappa shape index (κ3) is 1.13. The Morgan fingerprint density at radius 1 is 1.43 bits per heavy atom. The number of rotatable bonds is 1. The summed E-state index contributed by atoms with van der Waals surface area (Å²) in [5, 5.41) is 3.37. The average Bonchev–Trinajstić information content (AvgIpc) is 2.85. The van der Waals surface area contributed by atoms with E-state index in [9.17, 15) is 0 Å². The summed E-state index contributed by atoms with van der Waals surface area (Å²) >= 11 is 0. The number of pyridine rings is 1. The average molecular weight is 187 g/mol. The second-order valence-corrected chi connectivity index (χ2v) is 3.80. The van der Waals surface area contributed by atoms with Crippen LogP contribution in [0.4, 0.5) is 0 Å². The highest BCUT2D eigenvalue weighted by Crippen LogP contribution is 2.21. The quantitative estimate of drug-likeness (QED) is 0.731. The predicted molar refractivity (Wildman–Crippen MR) is 55.4 cm³/mol. The van der Waals surface area contributed by atoms with Gasteiger partial charge in [0.05, 0.1) is 11.7 Å². The van der Waals surface area contributed by atoms with Crippen molar-refractivity contribution in [2.45, 2.75) is 12.3 Å². The van der Waals surface area contributed by atoms with E-state index in [4.69, 9.17) is 0 Å². The van der Waals surface area contributed by atoms with Gasteiger partial charge in [-0.05, 0) is 25.1 Å². The van der Waals surface area contributed by atoms with Crippen molar-refractivity contribution in [2.24, 2.45) is 0 Å². The second-order valence-electron chi connectivity index (χ2n) is 3.80. The summed E-state index contributed by atoms with van der Waals surface area (Å²) in [6, 6.07) is 6.20. The summed E-state index contributed by atoms with van der Waals surface area (Å²) in [7, 11) is 0. The largest absolute Gasteiger partial charge is 0.316 e. The number of nitrogens with zero attached hydrogens (tertiary/aromatic N) is 2. The van der Waals surface area contributed by atoms with E-state index >= 15 is 0 Å². The molecule has 72 valence electrons. The molecular formula is C11H13N3. The molecule has 3 nitrogen and oxygen atoms in total. The first-order valence-corrected chi connectivity index (χ1v) is 5.08. The normalized spacial score (nSPS) is 21.9. The van der Waals surface area contributed by atoms with Crippen molar-refractivity contribution in [2.75, 3.05) is 13.1 Å². The second kappa shape index (κ2) is 3.10. The molecule has 3 heteroatoms. The molecule has 0 saturated carbocycles. The van der Waals surface area contributed by atoms with E-state index in [2.05, 4.69) is 33.0 Å². The van der Waals surface area contributed by atoms with Gasteiger partial charge in [-0.1, -0.05) is 6.07 Å². The van der Waals surface area contributed by atoms with Crippen LogP contribution in [0, 0.1) is 0 Å². The van der Waals surface area contributed by atoms with Crippen LogP contribution >= 0.6 is 0 Å². The lowest BCUT2D eigenvalue weighted by molar-refractivity contribution is 0.699. The Morgan fingerprint density at radius 3 is 3.29 bits per heavy atom. The Kier molecular flexibility index (Phi) is 1.77. The summed E-state index contributed by atoms with van der Waals surface area (Å²) in [5.41, 5.74) is 1.19. The molecule has 1 unspecified atom stereocenters. The van der Waals surface area contributed by atoms with E-state index < -0.39 is 0 Å². The molecule has 2 aromatic heterocycles. The zero-order chi connectivity index (χ0) is 9.38. The number of aromatic nitrogens is 2. The predicted octanol–water partition coefficient (Wildman–Crippen LogP) is 1.41. The molecule has 1 N–H and O–H groups in total. The van der Waals surface area contributed by atoms with Gasteiger partial charge in [0.1, 0.15) is 5.82 Å². The van der Waals surface area contributed by atoms with Crippen LogP contribution < -0.4 is 5.32 Å². The van der Waals surface area contributed by atoms with Crippen LogP contribution in [0.1, 0.15) is 18.2 Å². The third-order valence-corrected chi connectivity index (χ3v) is 2.89. The van der Waals surface area contributed by atoms with Crippen molar-refractivity contribution in [3.8, 4) is 0 Å². The monoisotopic (exact) mass is 187 g/mol. The van der Waals surface area contributed by atoms with Crippen LogP contribution in [0.2, 0.25) is 0 Å². The minimum absolute atomic E-state index is 0.583. The van der Waals surface area contributed by atoms with Gasteiger partial charge >= 0.3 is 0 Å². The Balaban J connectivity index is 2.11. The van der Waals surface area contributed by atoms with Crippen molar-refractivity contribution in [1.82, 2.24) is 14.7 Å². The molecule has 3 rings (SSSR count). The Bertz CT molecular complexity index is 440.